The van der Waals surface area contributed by atoms with Crippen LogP contribution in [0.25, 0.3) is 0 Å². The smallest absolute Gasteiger partial charge is 0.250 e. The molecule has 3 rings (SSSR count). The number of oxime groups is 1. The lowest BCUT2D eigenvalue weighted by molar-refractivity contribution is 0.317. The third-order valence-corrected chi connectivity index (χ3v) is 6.34. The fraction of sp³-hybridized carbons (Fsp3) is 0.217. The molecule has 0 aliphatic rings. The molecular formula is C23H24N2O4S. The minimum atomic E-state index is -3.29. The quantitative estimate of drug-likeness (QED) is 0.373. The summed E-state index contributed by atoms with van der Waals surface area (Å²) in [6, 6.07) is 17.8. The van der Waals surface area contributed by atoms with Crippen LogP contribution in [0.3, 0.4) is 0 Å². The molecule has 30 heavy (non-hydrogen) atoms. The number of pyridine rings is 1. The Morgan fingerprint density at radius 1 is 1.07 bits per heavy atom. The molecule has 0 saturated carbocycles. The largest absolute Gasteiger partial charge is 0.411 e. The highest BCUT2D eigenvalue weighted by Gasteiger charge is 2.21. The topological polar surface area (TPSA) is 88.7 Å². The lowest BCUT2D eigenvalue weighted by atomic mass is 9.83. The van der Waals surface area contributed by atoms with Gasteiger partial charge in [0, 0.05) is 43.5 Å². The molecule has 1 heterocycles. The van der Waals surface area contributed by atoms with Crippen molar-refractivity contribution in [1.29, 1.82) is 0 Å². The standard InChI is InChI=1S/C23H24N2O4S/c1-16-6-4-5-7-20(16)21(17-8-11-19(12-9-17)30(3,28)29)14-22(24-27)18-10-13-23(26)25(2)15-18/h4-13,15,21,27H,14H2,1-3H3/b24-22+/t21-/m1/s1. The van der Waals surface area contributed by atoms with Gasteiger partial charge >= 0.3 is 0 Å². The van der Waals surface area contributed by atoms with Crippen LogP contribution in [-0.2, 0) is 16.9 Å². The van der Waals surface area contributed by atoms with Crippen LogP contribution in [-0.4, -0.2) is 30.2 Å². The minimum absolute atomic E-state index is 0.150. The van der Waals surface area contributed by atoms with E-state index < -0.39 is 9.84 Å². The molecule has 156 valence electrons. The third-order valence-electron chi connectivity index (χ3n) is 5.21. The van der Waals surface area contributed by atoms with Crippen LogP contribution in [0, 0.1) is 6.92 Å². The molecule has 1 atom stereocenters. The summed E-state index contributed by atoms with van der Waals surface area (Å²) in [6.07, 6.45) is 3.19. The predicted molar refractivity (Wildman–Crippen MR) is 117 cm³/mol. The zero-order valence-corrected chi connectivity index (χ0v) is 17.9. The summed E-state index contributed by atoms with van der Waals surface area (Å²) in [5.41, 5.74) is 3.96. The summed E-state index contributed by atoms with van der Waals surface area (Å²) in [6.45, 7) is 2.01. The van der Waals surface area contributed by atoms with E-state index in [9.17, 15) is 18.4 Å². The normalized spacial score (nSPS) is 13.2. The summed E-state index contributed by atoms with van der Waals surface area (Å²) in [7, 11) is -1.65. The number of hydrogen-bond donors (Lipinski definition) is 1. The van der Waals surface area contributed by atoms with Crippen LogP contribution in [0.15, 0.2) is 81.7 Å². The number of sulfone groups is 1. The maximum atomic E-state index is 11.8. The van der Waals surface area contributed by atoms with Gasteiger partial charge in [-0.25, -0.2) is 8.42 Å². The van der Waals surface area contributed by atoms with Gasteiger partial charge in [0.05, 0.1) is 10.6 Å². The van der Waals surface area contributed by atoms with Crippen LogP contribution in [0.5, 0.6) is 0 Å². The molecule has 1 aromatic heterocycles. The van der Waals surface area contributed by atoms with Crippen molar-refractivity contribution in [3.63, 3.8) is 0 Å². The summed E-state index contributed by atoms with van der Waals surface area (Å²) >= 11 is 0. The molecule has 6 nitrogen and oxygen atoms in total. The Morgan fingerprint density at radius 2 is 1.73 bits per heavy atom. The van der Waals surface area contributed by atoms with Crippen molar-refractivity contribution in [1.82, 2.24) is 4.57 Å². The second-order valence-electron chi connectivity index (χ2n) is 7.37. The van der Waals surface area contributed by atoms with Gasteiger partial charge in [0.25, 0.3) is 0 Å². The maximum Gasteiger partial charge on any atom is 0.250 e. The van der Waals surface area contributed by atoms with E-state index in [1.165, 1.54) is 16.9 Å². The predicted octanol–water partition coefficient (Wildman–Crippen LogP) is 3.50. The first kappa shape index (κ1) is 21.5. The van der Waals surface area contributed by atoms with E-state index in [4.69, 9.17) is 0 Å². The Kier molecular flexibility index (Phi) is 6.22. The molecule has 1 N–H and O–H groups in total. The van der Waals surface area contributed by atoms with E-state index in [2.05, 4.69) is 5.16 Å². The molecule has 0 bridgehead atoms. The third kappa shape index (κ3) is 4.68. The Bertz CT molecular complexity index is 1240. The molecule has 0 saturated heterocycles. The molecule has 0 spiro atoms. The van der Waals surface area contributed by atoms with Crippen molar-refractivity contribution in [2.45, 2.75) is 24.2 Å². The molecule has 0 amide bonds. The van der Waals surface area contributed by atoms with Gasteiger partial charge < -0.3 is 9.77 Å². The number of aryl methyl sites for hydroxylation is 2. The number of hydrogen-bond acceptors (Lipinski definition) is 5. The van der Waals surface area contributed by atoms with Gasteiger partial charge in [0.2, 0.25) is 5.56 Å². The maximum absolute atomic E-state index is 11.8. The van der Waals surface area contributed by atoms with E-state index >= 15 is 0 Å². The molecule has 0 fully saturated rings. The van der Waals surface area contributed by atoms with E-state index in [1.54, 1.807) is 43.6 Å². The zero-order chi connectivity index (χ0) is 21.9. The van der Waals surface area contributed by atoms with E-state index in [1.807, 2.05) is 31.2 Å². The molecule has 2 aromatic carbocycles. The summed E-state index contributed by atoms with van der Waals surface area (Å²) in [4.78, 5) is 12.0. The van der Waals surface area contributed by atoms with Crippen molar-refractivity contribution >= 4 is 15.5 Å². The molecule has 0 radical (unpaired) electrons. The van der Waals surface area contributed by atoms with Crippen molar-refractivity contribution in [2.24, 2.45) is 12.2 Å². The van der Waals surface area contributed by atoms with E-state index in [-0.39, 0.29) is 16.4 Å². The van der Waals surface area contributed by atoms with Crippen molar-refractivity contribution in [3.8, 4) is 0 Å². The second-order valence-corrected chi connectivity index (χ2v) is 9.38. The molecule has 3 aromatic rings. The molecule has 0 unspecified atom stereocenters. The fourth-order valence-electron chi connectivity index (χ4n) is 3.51. The molecule has 0 aliphatic carbocycles. The van der Waals surface area contributed by atoms with Crippen LogP contribution in [0.4, 0.5) is 0 Å². The molecule has 7 heteroatoms. The number of rotatable bonds is 6. The summed E-state index contributed by atoms with van der Waals surface area (Å²) in [5.74, 6) is -0.164. The van der Waals surface area contributed by atoms with Crippen LogP contribution in [0.2, 0.25) is 0 Å². The van der Waals surface area contributed by atoms with Gasteiger partial charge in [-0.05, 0) is 41.8 Å². The average Bonchev–Trinajstić information content (AvgIpc) is 2.71. The highest BCUT2D eigenvalue weighted by molar-refractivity contribution is 7.90. The van der Waals surface area contributed by atoms with E-state index in [0.717, 1.165) is 16.7 Å². The molecule has 0 aliphatic heterocycles. The van der Waals surface area contributed by atoms with Crippen LogP contribution in [0.1, 0.15) is 34.6 Å². The minimum Gasteiger partial charge on any atom is -0.411 e. The van der Waals surface area contributed by atoms with Gasteiger partial charge in [-0.15, -0.1) is 0 Å². The zero-order valence-electron chi connectivity index (χ0n) is 17.1. The first-order valence-electron chi connectivity index (χ1n) is 9.44. The highest BCUT2D eigenvalue weighted by Crippen LogP contribution is 2.32. The Balaban J connectivity index is 2.07. The Morgan fingerprint density at radius 3 is 2.30 bits per heavy atom. The highest BCUT2D eigenvalue weighted by atomic mass is 32.2. The number of benzene rings is 2. The SMILES string of the molecule is Cc1ccccc1[C@H](C/C(=N\O)c1ccc(=O)n(C)c1)c1ccc(S(C)(=O)=O)cc1. The number of nitrogens with zero attached hydrogens (tertiary/aromatic N) is 2. The molecular weight excluding hydrogens is 400 g/mol. The Labute approximate surface area is 176 Å². The van der Waals surface area contributed by atoms with E-state index in [0.29, 0.717) is 17.7 Å². The fourth-order valence-corrected chi connectivity index (χ4v) is 4.14. The van der Waals surface area contributed by atoms with Crippen LogP contribution >= 0.6 is 0 Å². The van der Waals surface area contributed by atoms with Gasteiger partial charge in [-0.1, -0.05) is 41.6 Å². The van der Waals surface area contributed by atoms with Crippen molar-refractivity contribution in [2.75, 3.05) is 6.26 Å². The lowest BCUT2D eigenvalue weighted by Gasteiger charge is -2.21. The van der Waals surface area contributed by atoms with Gasteiger partial charge in [0.15, 0.2) is 9.84 Å². The monoisotopic (exact) mass is 424 g/mol. The van der Waals surface area contributed by atoms with Gasteiger partial charge in [0.1, 0.15) is 0 Å². The Hall–Kier alpha value is -3.19. The van der Waals surface area contributed by atoms with Gasteiger partial charge in [-0.3, -0.25) is 4.79 Å². The van der Waals surface area contributed by atoms with Gasteiger partial charge in [-0.2, -0.15) is 0 Å². The average molecular weight is 425 g/mol. The van der Waals surface area contributed by atoms with Crippen LogP contribution < -0.4 is 5.56 Å². The second kappa shape index (κ2) is 8.67. The first-order chi connectivity index (χ1) is 14.2. The van der Waals surface area contributed by atoms with Crippen molar-refractivity contribution in [3.05, 3.63) is 99.5 Å². The first-order valence-corrected chi connectivity index (χ1v) is 11.3. The lowest BCUT2D eigenvalue weighted by Crippen LogP contribution is -2.18. The summed E-state index contributed by atoms with van der Waals surface area (Å²) < 4.78 is 25.1. The van der Waals surface area contributed by atoms with Crippen molar-refractivity contribution < 1.29 is 13.6 Å². The summed E-state index contributed by atoms with van der Waals surface area (Å²) in [5, 5.41) is 13.2. The number of aromatic nitrogens is 1.